The van der Waals surface area contributed by atoms with Crippen molar-refractivity contribution >= 4 is 5.91 Å². The minimum absolute atomic E-state index is 0.0662. The predicted molar refractivity (Wildman–Crippen MR) is 86.6 cm³/mol. The Hall–Kier alpha value is -1.55. The van der Waals surface area contributed by atoms with E-state index in [-0.39, 0.29) is 12.5 Å². The molecular weight excluding hydrogens is 264 g/mol. The first-order chi connectivity index (χ1) is 10.0. The fraction of sp³-hybridized carbons (Fsp3) is 0.588. The van der Waals surface area contributed by atoms with Gasteiger partial charge in [0.25, 0.3) is 5.91 Å². The number of likely N-dealkylation sites (N-methyl/N-ethyl adjacent to an activating group) is 1. The zero-order valence-corrected chi connectivity index (χ0v) is 13.6. The number of carbonyl (C=O) groups excluding carboxylic acids is 1. The summed E-state index contributed by atoms with van der Waals surface area (Å²) in [6.07, 6.45) is 1.97. The quantitative estimate of drug-likeness (QED) is 0.735. The van der Waals surface area contributed by atoms with Crippen molar-refractivity contribution in [1.82, 2.24) is 10.6 Å². The molecule has 0 heterocycles. The lowest BCUT2D eigenvalue weighted by Crippen LogP contribution is -2.30. The van der Waals surface area contributed by atoms with Crippen LogP contribution in [0.3, 0.4) is 0 Å². The Morgan fingerprint density at radius 1 is 1.19 bits per heavy atom. The molecule has 1 atom stereocenters. The van der Waals surface area contributed by atoms with Gasteiger partial charge in [-0.1, -0.05) is 26.0 Å². The monoisotopic (exact) mass is 292 g/mol. The minimum atomic E-state index is -0.0662. The highest BCUT2D eigenvalue weighted by molar-refractivity contribution is 5.77. The van der Waals surface area contributed by atoms with E-state index >= 15 is 0 Å². The molecule has 118 valence electrons. The second-order valence-electron chi connectivity index (χ2n) is 5.86. The first-order valence-electron chi connectivity index (χ1n) is 7.67. The molecule has 0 aliphatic heterocycles. The van der Waals surface area contributed by atoms with E-state index < -0.39 is 0 Å². The van der Waals surface area contributed by atoms with E-state index in [2.05, 4.69) is 31.4 Å². The Morgan fingerprint density at radius 2 is 1.86 bits per heavy atom. The van der Waals surface area contributed by atoms with Crippen LogP contribution in [-0.2, 0) is 11.2 Å². The standard InChI is InChI=1S/C17H28N2O2/c1-13(2)9-10-19-17(20)12-21-16-7-5-15(6-8-16)11-14(3)18-4/h5-8,13-14,18H,9-12H2,1-4H3,(H,19,20). The molecule has 4 nitrogen and oxygen atoms in total. The van der Waals surface area contributed by atoms with Crippen LogP contribution in [0.15, 0.2) is 24.3 Å². The fourth-order valence-corrected chi connectivity index (χ4v) is 1.88. The van der Waals surface area contributed by atoms with Gasteiger partial charge in [0.2, 0.25) is 0 Å². The second-order valence-corrected chi connectivity index (χ2v) is 5.86. The Balaban J connectivity index is 2.30. The summed E-state index contributed by atoms with van der Waals surface area (Å²) in [7, 11) is 1.96. The molecule has 1 amide bonds. The van der Waals surface area contributed by atoms with Crippen molar-refractivity contribution in [3.63, 3.8) is 0 Å². The third-order valence-corrected chi connectivity index (χ3v) is 3.37. The summed E-state index contributed by atoms with van der Waals surface area (Å²) in [5.41, 5.74) is 1.26. The number of nitrogens with one attached hydrogen (secondary N) is 2. The Bertz CT molecular complexity index is 415. The van der Waals surface area contributed by atoms with Gasteiger partial charge < -0.3 is 15.4 Å². The third-order valence-electron chi connectivity index (χ3n) is 3.37. The lowest BCUT2D eigenvalue weighted by Gasteiger charge is -2.11. The van der Waals surface area contributed by atoms with Crippen LogP contribution in [0.25, 0.3) is 0 Å². The molecule has 1 rings (SSSR count). The van der Waals surface area contributed by atoms with Gasteiger partial charge in [0.1, 0.15) is 5.75 Å². The highest BCUT2D eigenvalue weighted by atomic mass is 16.5. The van der Waals surface area contributed by atoms with Crippen LogP contribution < -0.4 is 15.4 Å². The van der Waals surface area contributed by atoms with Crippen LogP contribution in [0.5, 0.6) is 5.75 Å². The largest absolute Gasteiger partial charge is 0.484 e. The molecular formula is C17H28N2O2. The normalized spacial score (nSPS) is 12.2. The molecule has 0 radical (unpaired) electrons. The average molecular weight is 292 g/mol. The smallest absolute Gasteiger partial charge is 0.257 e. The molecule has 0 fully saturated rings. The van der Waals surface area contributed by atoms with Crippen molar-refractivity contribution < 1.29 is 9.53 Å². The van der Waals surface area contributed by atoms with Crippen molar-refractivity contribution in [2.24, 2.45) is 5.92 Å². The van der Waals surface area contributed by atoms with Crippen molar-refractivity contribution in [3.8, 4) is 5.75 Å². The highest BCUT2D eigenvalue weighted by Crippen LogP contribution is 2.13. The molecule has 21 heavy (non-hydrogen) atoms. The molecule has 0 saturated carbocycles. The van der Waals surface area contributed by atoms with Crippen molar-refractivity contribution in [3.05, 3.63) is 29.8 Å². The van der Waals surface area contributed by atoms with Gasteiger partial charge in [-0.3, -0.25) is 4.79 Å². The van der Waals surface area contributed by atoms with Gasteiger partial charge in [-0.2, -0.15) is 0 Å². The zero-order valence-electron chi connectivity index (χ0n) is 13.6. The second kappa shape index (κ2) is 9.40. The summed E-state index contributed by atoms with van der Waals surface area (Å²) in [5.74, 6) is 1.26. The van der Waals surface area contributed by atoms with E-state index in [4.69, 9.17) is 4.74 Å². The summed E-state index contributed by atoms with van der Waals surface area (Å²) < 4.78 is 5.48. The van der Waals surface area contributed by atoms with E-state index in [1.54, 1.807) is 0 Å². The minimum Gasteiger partial charge on any atom is -0.484 e. The van der Waals surface area contributed by atoms with Gasteiger partial charge in [-0.05, 0) is 50.4 Å². The van der Waals surface area contributed by atoms with E-state index in [9.17, 15) is 4.79 Å². The molecule has 0 saturated heterocycles. The van der Waals surface area contributed by atoms with Crippen LogP contribution in [-0.4, -0.2) is 32.1 Å². The fourth-order valence-electron chi connectivity index (χ4n) is 1.88. The highest BCUT2D eigenvalue weighted by Gasteiger charge is 2.04. The zero-order chi connectivity index (χ0) is 15.7. The van der Waals surface area contributed by atoms with Crippen molar-refractivity contribution in [2.75, 3.05) is 20.2 Å². The van der Waals surface area contributed by atoms with E-state index in [0.717, 1.165) is 18.6 Å². The number of hydrogen-bond acceptors (Lipinski definition) is 3. The lowest BCUT2D eigenvalue weighted by molar-refractivity contribution is -0.123. The van der Waals surface area contributed by atoms with Crippen LogP contribution in [0.1, 0.15) is 32.8 Å². The van der Waals surface area contributed by atoms with E-state index in [1.165, 1.54) is 5.56 Å². The summed E-state index contributed by atoms with van der Waals surface area (Å²) >= 11 is 0. The van der Waals surface area contributed by atoms with Gasteiger partial charge in [0.05, 0.1) is 0 Å². The van der Waals surface area contributed by atoms with Gasteiger partial charge >= 0.3 is 0 Å². The lowest BCUT2D eigenvalue weighted by atomic mass is 10.1. The topological polar surface area (TPSA) is 50.4 Å². The molecule has 0 aliphatic rings. The number of rotatable bonds is 9. The molecule has 0 aliphatic carbocycles. The first-order valence-corrected chi connectivity index (χ1v) is 7.67. The van der Waals surface area contributed by atoms with Gasteiger partial charge in [0, 0.05) is 12.6 Å². The maximum absolute atomic E-state index is 11.6. The number of ether oxygens (including phenoxy) is 1. The molecule has 0 aromatic heterocycles. The summed E-state index contributed by atoms with van der Waals surface area (Å²) in [4.78, 5) is 11.6. The van der Waals surface area contributed by atoms with Gasteiger partial charge in [0.15, 0.2) is 6.61 Å². The van der Waals surface area contributed by atoms with Crippen molar-refractivity contribution in [1.29, 1.82) is 0 Å². The predicted octanol–water partition coefficient (Wildman–Crippen LogP) is 2.38. The molecule has 0 bridgehead atoms. The number of amides is 1. The van der Waals surface area contributed by atoms with Gasteiger partial charge in [-0.25, -0.2) is 0 Å². The molecule has 1 aromatic rings. The number of hydrogen-bond donors (Lipinski definition) is 2. The SMILES string of the molecule is CNC(C)Cc1ccc(OCC(=O)NCCC(C)C)cc1. The Morgan fingerprint density at radius 3 is 2.43 bits per heavy atom. The van der Waals surface area contributed by atoms with E-state index in [0.29, 0.717) is 18.5 Å². The maximum atomic E-state index is 11.6. The average Bonchev–Trinajstić information content (AvgIpc) is 2.46. The Kier molecular flexibility index (Phi) is 7.83. The number of carbonyl (C=O) groups is 1. The van der Waals surface area contributed by atoms with Crippen LogP contribution in [0.2, 0.25) is 0 Å². The molecule has 2 N–H and O–H groups in total. The first kappa shape index (κ1) is 17.5. The van der Waals surface area contributed by atoms with E-state index in [1.807, 2.05) is 31.3 Å². The van der Waals surface area contributed by atoms with Gasteiger partial charge in [-0.15, -0.1) is 0 Å². The molecule has 1 aromatic carbocycles. The van der Waals surface area contributed by atoms with Crippen LogP contribution in [0, 0.1) is 5.92 Å². The summed E-state index contributed by atoms with van der Waals surface area (Å²) in [6, 6.07) is 8.36. The Labute approximate surface area is 128 Å². The number of benzene rings is 1. The van der Waals surface area contributed by atoms with Crippen LogP contribution >= 0.6 is 0 Å². The summed E-state index contributed by atoms with van der Waals surface area (Å²) in [6.45, 7) is 7.20. The summed E-state index contributed by atoms with van der Waals surface area (Å²) in [5, 5.41) is 6.07. The third kappa shape index (κ3) is 7.71. The molecule has 4 heteroatoms. The maximum Gasteiger partial charge on any atom is 0.257 e. The van der Waals surface area contributed by atoms with Crippen LogP contribution in [0.4, 0.5) is 0 Å². The molecule has 1 unspecified atom stereocenters. The molecule has 0 spiro atoms. The van der Waals surface area contributed by atoms with Crippen molar-refractivity contribution in [2.45, 2.75) is 39.7 Å².